The number of carbonyl (C=O) groups is 2. The SMILES string of the molecule is Cc1c(C(=O)N2CC(N[C@@]3(C(=O)c4nccs4)CCNC3)C2)sc2ccc(-c3ccc(C(F)(F)F)cc3)cc12. The molecule has 6 nitrogen and oxygen atoms in total. The summed E-state index contributed by atoms with van der Waals surface area (Å²) >= 11 is 2.76. The van der Waals surface area contributed by atoms with E-state index in [2.05, 4.69) is 15.6 Å². The Balaban J connectivity index is 1.16. The van der Waals surface area contributed by atoms with Gasteiger partial charge in [-0.3, -0.25) is 14.9 Å². The number of likely N-dealkylation sites (tertiary alicyclic amines) is 1. The van der Waals surface area contributed by atoms with Gasteiger partial charge in [0.05, 0.1) is 16.0 Å². The van der Waals surface area contributed by atoms with E-state index < -0.39 is 17.3 Å². The highest BCUT2D eigenvalue weighted by Crippen LogP contribution is 2.37. The molecule has 2 aliphatic heterocycles. The van der Waals surface area contributed by atoms with Crippen LogP contribution in [0, 0.1) is 6.92 Å². The molecule has 4 aromatic rings. The molecule has 1 amide bonds. The van der Waals surface area contributed by atoms with Crippen LogP contribution in [0.1, 0.15) is 37.0 Å². The van der Waals surface area contributed by atoms with Crippen LogP contribution < -0.4 is 10.6 Å². The lowest BCUT2D eigenvalue weighted by Crippen LogP contribution is -2.67. The highest BCUT2D eigenvalue weighted by Gasteiger charge is 2.46. The quantitative estimate of drug-likeness (QED) is 0.305. The molecule has 1 atom stereocenters. The van der Waals surface area contributed by atoms with E-state index in [1.165, 1.54) is 34.8 Å². The summed E-state index contributed by atoms with van der Waals surface area (Å²) in [5.74, 6) is -0.0517. The van der Waals surface area contributed by atoms with E-state index in [4.69, 9.17) is 0 Å². The van der Waals surface area contributed by atoms with E-state index in [1.807, 2.05) is 25.1 Å². The molecule has 2 aromatic carbocycles. The van der Waals surface area contributed by atoms with Crippen LogP contribution in [0.5, 0.6) is 0 Å². The van der Waals surface area contributed by atoms with Gasteiger partial charge < -0.3 is 10.2 Å². The van der Waals surface area contributed by atoms with Crippen LogP contribution in [0.4, 0.5) is 13.2 Å². The number of hydrogen-bond donors (Lipinski definition) is 2. The molecule has 2 saturated heterocycles. The predicted octanol–water partition coefficient (Wildman–Crippen LogP) is 5.38. The predicted molar refractivity (Wildman–Crippen MR) is 146 cm³/mol. The van der Waals surface area contributed by atoms with Crippen molar-refractivity contribution in [2.75, 3.05) is 26.2 Å². The number of aryl methyl sites for hydroxylation is 1. The van der Waals surface area contributed by atoms with Crippen molar-refractivity contribution in [3.63, 3.8) is 0 Å². The number of hydrogen-bond acceptors (Lipinski definition) is 7. The van der Waals surface area contributed by atoms with Crippen LogP contribution in [0.2, 0.25) is 0 Å². The Morgan fingerprint density at radius 3 is 2.51 bits per heavy atom. The fourth-order valence-corrected chi connectivity index (χ4v) is 7.17. The van der Waals surface area contributed by atoms with Gasteiger partial charge in [0.15, 0.2) is 5.01 Å². The molecule has 2 aromatic heterocycles. The van der Waals surface area contributed by atoms with Crippen molar-refractivity contribution in [1.82, 2.24) is 20.5 Å². The first kappa shape index (κ1) is 26.1. The largest absolute Gasteiger partial charge is 0.416 e. The fourth-order valence-electron chi connectivity index (χ4n) is 5.34. The topological polar surface area (TPSA) is 74.3 Å². The van der Waals surface area contributed by atoms with Gasteiger partial charge in [-0.1, -0.05) is 18.2 Å². The zero-order chi connectivity index (χ0) is 27.4. The Labute approximate surface area is 230 Å². The fraction of sp³-hybridized carbons (Fsp3) is 0.321. The molecule has 39 heavy (non-hydrogen) atoms. The van der Waals surface area contributed by atoms with Gasteiger partial charge in [-0.25, -0.2) is 4.98 Å². The first-order valence-corrected chi connectivity index (χ1v) is 14.3. The zero-order valence-corrected chi connectivity index (χ0v) is 22.6. The summed E-state index contributed by atoms with van der Waals surface area (Å²) in [6.45, 7) is 4.21. The zero-order valence-electron chi connectivity index (χ0n) is 21.0. The van der Waals surface area contributed by atoms with Crippen LogP contribution in [0.25, 0.3) is 21.2 Å². The van der Waals surface area contributed by atoms with Gasteiger partial charge in [-0.15, -0.1) is 22.7 Å². The third-order valence-corrected chi connectivity index (χ3v) is 9.57. The Hall–Kier alpha value is -3.12. The van der Waals surface area contributed by atoms with Crippen molar-refractivity contribution < 1.29 is 22.8 Å². The molecule has 11 heteroatoms. The van der Waals surface area contributed by atoms with Crippen molar-refractivity contribution in [1.29, 1.82) is 0 Å². The maximum absolute atomic E-state index is 13.4. The second-order valence-electron chi connectivity index (χ2n) is 10.1. The van der Waals surface area contributed by atoms with Gasteiger partial charge in [-0.05, 0) is 66.2 Å². The molecule has 0 spiro atoms. The number of amides is 1. The average Bonchev–Trinajstić information content (AvgIpc) is 3.66. The highest BCUT2D eigenvalue weighted by molar-refractivity contribution is 7.21. The van der Waals surface area contributed by atoms with E-state index in [0.29, 0.717) is 41.5 Å². The van der Waals surface area contributed by atoms with E-state index >= 15 is 0 Å². The molecule has 2 aliphatic rings. The molecule has 0 saturated carbocycles. The number of benzene rings is 2. The third kappa shape index (κ3) is 4.77. The Morgan fingerprint density at radius 2 is 1.87 bits per heavy atom. The van der Waals surface area contributed by atoms with Crippen molar-refractivity contribution in [3.05, 3.63) is 75.1 Å². The minimum absolute atomic E-state index is 0.00326. The van der Waals surface area contributed by atoms with Crippen molar-refractivity contribution in [2.45, 2.75) is 31.1 Å². The van der Waals surface area contributed by atoms with Gasteiger partial charge in [0, 0.05) is 42.0 Å². The number of alkyl halides is 3. The van der Waals surface area contributed by atoms with Crippen molar-refractivity contribution in [3.8, 4) is 11.1 Å². The van der Waals surface area contributed by atoms with Crippen LogP contribution in [-0.2, 0) is 6.18 Å². The maximum atomic E-state index is 13.4. The lowest BCUT2D eigenvalue weighted by Gasteiger charge is -2.44. The number of ketones is 1. The third-order valence-electron chi connectivity index (χ3n) is 7.54. The molecular formula is C28H25F3N4O2S2. The minimum Gasteiger partial charge on any atom is -0.335 e. The number of thiophene rings is 1. The molecule has 2 fully saturated rings. The van der Waals surface area contributed by atoms with E-state index in [9.17, 15) is 22.8 Å². The molecule has 2 N–H and O–H groups in total. The summed E-state index contributed by atoms with van der Waals surface area (Å²) in [7, 11) is 0. The summed E-state index contributed by atoms with van der Waals surface area (Å²) in [6.07, 6.45) is -2.07. The van der Waals surface area contributed by atoms with Gasteiger partial charge >= 0.3 is 6.18 Å². The maximum Gasteiger partial charge on any atom is 0.416 e. The van der Waals surface area contributed by atoms with Crippen LogP contribution in [0.3, 0.4) is 0 Å². The number of carbonyl (C=O) groups excluding carboxylic acids is 2. The smallest absolute Gasteiger partial charge is 0.335 e. The summed E-state index contributed by atoms with van der Waals surface area (Å²) in [6, 6.07) is 10.8. The summed E-state index contributed by atoms with van der Waals surface area (Å²) in [5.41, 5.74) is 0.949. The standard InChI is InChI=1S/C28H25F3N4O2S2/c1-16-21-12-18(17-2-5-19(6-3-17)28(29,30)31)4-7-22(21)39-23(16)26(37)35-13-20(14-35)34-27(8-9-32-15-27)24(36)25-33-10-11-38-25/h2-7,10-12,20,32,34H,8-9,13-15H2,1H3/t27-/m0/s1. The van der Waals surface area contributed by atoms with Crippen LogP contribution >= 0.6 is 22.7 Å². The first-order valence-electron chi connectivity index (χ1n) is 12.6. The normalized spacial score (nSPS) is 19.9. The van der Waals surface area contributed by atoms with Crippen LogP contribution in [0.15, 0.2) is 54.0 Å². The number of aromatic nitrogens is 1. The van der Waals surface area contributed by atoms with Gasteiger partial charge in [0.25, 0.3) is 5.91 Å². The number of rotatable bonds is 6. The number of nitrogens with zero attached hydrogens (tertiary/aromatic N) is 2. The molecule has 0 bridgehead atoms. The Morgan fingerprint density at radius 1 is 1.13 bits per heavy atom. The molecular weight excluding hydrogens is 545 g/mol. The second-order valence-corrected chi connectivity index (χ2v) is 12.0. The summed E-state index contributed by atoms with van der Waals surface area (Å²) in [5, 5.41) is 10.0. The number of halogens is 3. The minimum atomic E-state index is -4.38. The molecule has 0 unspecified atom stereocenters. The lowest BCUT2D eigenvalue weighted by molar-refractivity contribution is -0.137. The van der Waals surface area contributed by atoms with Gasteiger partial charge in [0.1, 0.15) is 0 Å². The Kier molecular flexibility index (Phi) is 6.57. The number of Topliss-reactive ketones (excluding diaryl/α,β-unsaturated/α-hetero) is 1. The Bertz CT molecular complexity index is 1540. The first-order chi connectivity index (χ1) is 18.6. The summed E-state index contributed by atoms with van der Waals surface area (Å²) in [4.78, 5) is 33.2. The van der Waals surface area contributed by atoms with E-state index in [-0.39, 0.29) is 17.7 Å². The van der Waals surface area contributed by atoms with Crippen molar-refractivity contribution >= 4 is 44.5 Å². The molecule has 0 radical (unpaired) electrons. The second kappa shape index (κ2) is 9.81. The van der Waals surface area contributed by atoms with Gasteiger partial charge in [0.2, 0.25) is 5.78 Å². The van der Waals surface area contributed by atoms with E-state index in [1.54, 1.807) is 16.5 Å². The lowest BCUT2D eigenvalue weighted by atomic mass is 9.90. The summed E-state index contributed by atoms with van der Waals surface area (Å²) < 4.78 is 39.8. The van der Waals surface area contributed by atoms with Crippen molar-refractivity contribution in [2.24, 2.45) is 0 Å². The number of thiazole rings is 1. The highest BCUT2D eigenvalue weighted by atomic mass is 32.1. The van der Waals surface area contributed by atoms with Gasteiger partial charge in [-0.2, -0.15) is 13.2 Å². The molecule has 6 rings (SSSR count). The monoisotopic (exact) mass is 570 g/mol. The average molecular weight is 571 g/mol. The van der Waals surface area contributed by atoms with E-state index in [0.717, 1.165) is 39.9 Å². The molecule has 202 valence electrons. The molecule has 4 heterocycles. The van der Waals surface area contributed by atoms with Crippen LogP contribution in [-0.4, -0.2) is 59.3 Å². The number of nitrogens with one attached hydrogen (secondary N) is 2. The number of fused-ring (bicyclic) bond motifs is 1. The molecule has 0 aliphatic carbocycles.